The zero-order chi connectivity index (χ0) is 21.9. The number of rotatable bonds is 7. The monoisotopic (exact) mass is 405 g/mol. The number of carbonyl (C=O) groups is 1. The summed E-state index contributed by atoms with van der Waals surface area (Å²) in [5.41, 5.74) is 14.4. The number of primary amides is 1. The van der Waals surface area contributed by atoms with Crippen LogP contribution in [-0.2, 0) is 10.2 Å². The quantitative estimate of drug-likeness (QED) is 0.410. The van der Waals surface area contributed by atoms with Crippen LogP contribution >= 0.6 is 0 Å². The van der Waals surface area contributed by atoms with Crippen molar-refractivity contribution in [3.8, 4) is 11.3 Å². The number of carbonyl (C=O) groups excluding carboxylic acids is 1. The lowest BCUT2D eigenvalue weighted by Gasteiger charge is -2.25. The molecule has 3 rings (SSSR count). The first-order valence-corrected chi connectivity index (χ1v) is 9.40. The van der Waals surface area contributed by atoms with Gasteiger partial charge in [-0.1, -0.05) is 38.6 Å². The number of hydrogen-bond acceptors (Lipinski definition) is 5. The molecule has 0 fully saturated rings. The lowest BCUT2D eigenvalue weighted by Crippen LogP contribution is -2.28. The van der Waals surface area contributed by atoms with E-state index in [1.807, 2.05) is 12.1 Å². The highest BCUT2D eigenvalue weighted by atomic mass is 19.1. The summed E-state index contributed by atoms with van der Waals surface area (Å²) >= 11 is 0. The summed E-state index contributed by atoms with van der Waals surface area (Å²) in [6.45, 7) is 8.42. The fraction of sp³-hybridized carbons (Fsp3) is 0.174. The molecular formula is C23H24FN5O. The van der Waals surface area contributed by atoms with Gasteiger partial charge in [-0.25, -0.2) is 4.39 Å². The number of amides is 1. The molecule has 30 heavy (non-hydrogen) atoms. The van der Waals surface area contributed by atoms with Crippen LogP contribution in [0.3, 0.4) is 0 Å². The standard InChI is InChI=1S/C23H24FN5O/c1-14(22(26)30)18-12-15(4-9-19(18)25)20-10-11-21(29-28-20)27-13-23(2,3)16-5-7-17(24)8-6-16/h4-12H,1,13,25H2,2-3H3,(H2,26,30)(H,27,29). The number of halogens is 1. The molecule has 0 aliphatic carbocycles. The smallest absolute Gasteiger partial charge is 0.248 e. The molecule has 1 heterocycles. The van der Waals surface area contributed by atoms with Gasteiger partial charge in [-0.05, 0) is 42.0 Å². The van der Waals surface area contributed by atoms with E-state index in [0.29, 0.717) is 29.3 Å². The Morgan fingerprint density at radius 1 is 1.10 bits per heavy atom. The third-order valence-corrected chi connectivity index (χ3v) is 4.97. The topological polar surface area (TPSA) is 107 Å². The number of anilines is 2. The molecule has 0 aliphatic heterocycles. The second-order valence-electron chi connectivity index (χ2n) is 7.69. The summed E-state index contributed by atoms with van der Waals surface area (Å²) in [4.78, 5) is 11.4. The Morgan fingerprint density at radius 2 is 1.80 bits per heavy atom. The molecular weight excluding hydrogens is 381 g/mol. The van der Waals surface area contributed by atoms with Crippen molar-refractivity contribution in [2.24, 2.45) is 5.73 Å². The maximum absolute atomic E-state index is 13.2. The molecule has 0 bridgehead atoms. The van der Waals surface area contributed by atoms with Gasteiger partial charge >= 0.3 is 0 Å². The van der Waals surface area contributed by atoms with E-state index >= 15 is 0 Å². The van der Waals surface area contributed by atoms with Crippen molar-refractivity contribution in [3.63, 3.8) is 0 Å². The second kappa shape index (κ2) is 8.32. The molecule has 0 aliphatic rings. The summed E-state index contributed by atoms with van der Waals surface area (Å²) in [6.07, 6.45) is 0. The number of benzene rings is 2. The van der Waals surface area contributed by atoms with Gasteiger partial charge in [0.05, 0.1) is 5.69 Å². The zero-order valence-corrected chi connectivity index (χ0v) is 16.9. The van der Waals surface area contributed by atoms with Crippen molar-refractivity contribution >= 4 is 23.0 Å². The first-order chi connectivity index (χ1) is 14.2. The molecule has 0 saturated carbocycles. The Morgan fingerprint density at radius 3 is 2.40 bits per heavy atom. The number of nitrogen functional groups attached to an aromatic ring is 1. The van der Waals surface area contributed by atoms with Crippen LogP contribution in [0.15, 0.2) is 61.2 Å². The number of nitrogens with one attached hydrogen (secondary N) is 1. The van der Waals surface area contributed by atoms with E-state index in [1.165, 1.54) is 12.1 Å². The van der Waals surface area contributed by atoms with Gasteiger partial charge in [-0.3, -0.25) is 4.79 Å². The first-order valence-electron chi connectivity index (χ1n) is 9.40. The maximum atomic E-state index is 13.2. The fourth-order valence-corrected chi connectivity index (χ4v) is 3.00. The SMILES string of the molecule is C=C(C(N)=O)c1cc(-c2ccc(NCC(C)(C)c3ccc(F)cc3)nn2)ccc1N. The van der Waals surface area contributed by atoms with Crippen molar-refractivity contribution in [1.82, 2.24) is 10.2 Å². The molecule has 0 radical (unpaired) electrons. The lowest BCUT2D eigenvalue weighted by molar-refractivity contribution is -0.112. The van der Waals surface area contributed by atoms with Gasteiger partial charge in [0.1, 0.15) is 11.6 Å². The van der Waals surface area contributed by atoms with E-state index in [4.69, 9.17) is 11.5 Å². The molecule has 0 saturated heterocycles. The van der Waals surface area contributed by atoms with Gasteiger partial charge in [0, 0.05) is 34.3 Å². The van der Waals surface area contributed by atoms with Crippen molar-refractivity contribution in [1.29, 1.82) is 0 Å². The van der Waals surface area contributed by atoms with Crippen LogP contribution in [0.1, 0.15) is 25.0 Å². The minimum atomic E-state index is -0.631. The van der Waals surface area contributed by atoms with Crippen LogP contribution in [0.25, 0.3) is 16.8 Å². The predicted octanol–water partition coefficient (Wildman–Crippen LogP) is 3.75. The average molecular weight is 405 g/mol. The molecule has 2 aromatic carbocycles. The molecule has 1 amide bonds. The fourth-order valence-electron chi connectivity index (χ4n) is 3.00. The number of nitrogens with two attached hydrogens (primary N) is 2. The molecule has 7 heteroatoms. The number of hydrogen-bond donors (Lipinski definition) is 3. The summed E-state index contributed by atoms with van der Waals surface area (Å²) in [5, 5.41) is 11.8. The van der Waals surface area contributed by atoms with Crippen LogP contribution in [0.4, 0.5) is 15.9 Å². The summed E-state index contributed by atoms with van der Waals surface area (Å²) in [7, 11) is 0. The molecule has 6 nitrogen and oxygen atoms in total. The van der Waals surface area contributed by atoms with Gasteiger partial charge < -0.3 is 16.8 Å². The van der Waals surface area contributed by atoms with Crippen LogP contribution in [0, 0.1) is 5.82 Å². The molecule has 1 aromatic heterocycles. The average Bonchev–Trinajstić information content (AvgIpc) is 2.73. The minimum absolute atomic E-state index is 0.142. The summed E-state index contributed by atoms with van der Waals surface area (Å²) in [5.74, 6) is -0.270. The van der Waals surface area contributed by atoms with Gasteiger partial charge in [-0.2, -0.15) is 0 Å². The van der Waals surface area contributed by atoms with Gasteiger partial charge in [0.2, 0.25) is 5.91 Å². The van der Waals surface area contributed by atoms with Crippen molar-refractivity contribution in [2.45, 2.75) is 19.3 Å². The molecule has 0 atom stereocenters. The summed E-state index contributed by atoms with van der Waals surface area (Å²) in [6, 6.07) is 15.3. The summed E-state index contributed by atoms with van der Waals surface area (Å²) < 4.78 is 13.2. The highest BCUT2D eigenvalue weighted by molar-refractivity contribution is 6.19. The largest absolute Gasteiger partial charge is 0.398 e. The molecule has 154 valence electrons. The second-order valence-corrected chi connectivity index (χ2v) is 7.69. The lowest BCUT2D eigenvalue weighted by atomic mass is 9.84. The first kappa shape index (κ1) is 21.0. The van der Waals surface area contributed by atoms with E-state index in [-0.39, 0.29) is 16.8 Å². The maximum Gasteiger partial charge on any atom is 0.248 e. The van der Waals surface area contributed by atoms with Crippen LogP contribution in [-0.4, -0.2) is 22.6 Å². The number of nitrogens with zero attached hydrogens (tertiary/aromatic N) is 2. The molecule has 0 spiro atoms. The third-order valence-electron chi connectivity index (χ3n) is 4.97. The van der Waals surface area contributed by atoms with Crippen molar-refractivity contribution < 1.29 is 9.18 Å². The van der Waals surface area contributed by atoms with Crippen molar-refractivity contribution in [2.75, 3.05) is 17.6 Å². The predicted molar refractivity (Wildman–Crippen MR) is 118 cm³/mol. The highest BCUT2D eigenvalue weighted by Crippen LogP contribution is 2.27. The van der Waals surface area contributed by atoms with Gasteiger partial charge in [0.15, 0.2) is 0 Å². The van der Waals surface area contributed by atoms with E-state index in [9.17, 15) is 9.18 Å². The van der Waals surface area contributed by atoms with E-state index in [0.717, 1.165) is 11.1 Å². The highest BCUT2D eigenvalue weighted by Gasteiger charge is 2.20. The normalized spacial score (nSPS) is 11.2. The molecule has 0 unspecified atom stereocenters. The Labute approximate surface area is 174 Å². The Bertz CT molecular complexity index is 1080. The van der Waals surface area contributed by atoms with Crippen molar-refractivity contribution in [3.05, 3.63) is 78.1 Å². The minimum Gasteiger partial charge on any atom is -0.398 e. The Balaban J connectivity index is 1.74. The Hall–Kier alpha value is -3.74. The third kappa shape index (κ3) is 4.63. The van der Waals surface area contributed by atoms with Crippen LogP contribution < -0.4 is 16.8 Å². The van der Waals surface area contributed by atoms with Crippen LogP contribution in [0.5, 0.6) is 0 Å². The van der Waals surface area contributed by atoms with Gasteiger partial charge in [0.25, 0.3) is 0 Å². The van der Waals surface area contributed by atoms with Gasteiger partial charge in [-0.15, -0.1) is 10.2 Å². The zero-order valence-electron chi connectivity index (χ0n) is 16.9. The van der Waals surface area contributed by atoms with E-state index in [1.54, 1.807) is 30.3 Å². The molecule has 5 N–H and O–H groups in total. The van der Waals surface area contributed by atoms with E-state index in [2.05, 4.69) is 35.9 Å². The Kier molecular flexibility index (Phi) is 5.82. The molecule has 3 aromatic rings. The van der Waals surface area contributed by atoms with E-state index < -0.39 is 5.91 Å². The van der Waals surface area contributed by atoms with Crippen LogP contribution in [0.2, 0.25) is 0 Å². The number of aromatic nitrogens is 2.